The molecule has 0 fully saturated rings. The van der Waals surface area contributed by atoms with Crippen molar-refractivity contribution in [2.75, 3.05) is 13.6 Å². The molecule has 0 saturated carbocycles. The van der Waals surface area contributed by atoms with Crippen molar-refractivity contribution in [2.24, 2.45) is 0 Å². The van der Waals surface area contributed by atoms with E-state index in [4.69, 9.17) is 9.84 Å². The third kappa shape index (κ3) is 5.28. The molecular formula is C19H19NO4. The molecule has 5 nitrogen and oxygen atoms in total. The van der Waals surface area contributed by atoms with Crippen LogP contribution in [0.1, 0.15) is 21.5 Å². The SMILES string of the molecule is CN(C/C=C/c1ccc(C(=O)O)cc1)C(=O)OCc1ccccc1. The van der Waals surface area contributed by atoms with E-state index in [0.29, 0.717) is 6.54 Å². The van der Waals surface area contributed by atoms with E-state index in [-0.39, 0.29) is 12.2 Å². The number of benzene rings is 2. The fourth-order valence-corrected chi connectivity index (χ4v) is 1.99. The summed E-state index contributed by atoms with van der Waals surface area (Å²) in [6, 6.07) is 16.0. The van der Waals surface area contributed by atoms with Gasteiger partial charge in [-0.25, -0.2) is 9.59 Å². The first-order valence-corrected chi connectivity index (χ1v) is 7.48. The van der Waals surface area contributed by atoms with Crippen molar-refractivity contribution < 1.29 is 19.4 Å². The average Bonchev–Trinajstić information content (AvgIpc) is 2.61. The Morgan fingerprint density at radius 2 is 1.75 bits per heavy atom. The van der Waals surface area contributed by atoms with Gasteiger partial charge in [0.15, 0.2) is 0 Å². The maximum absolute atomic E-state index is 11.9. The van der Waals surface area contributed by atoms with Crippen LogP contribution in [0, 0.1) is 0 Å². The maximum Gasteiger partial charge on any atom is 0.410 e. The Kier molecular flexibility index (Phi) is 6.14. The number of aromatic carboxylic acids is 1. The summed E-state index contributed by atoms with van der Waals surface area (Å²) in [6.45, 7) is 0.638. The number of nitrogens with zero attached hydrogens (tertiary/aromatic N) is 1. The van der Waals surface area contributed by atoms with Gasteiger partial charge in [-0.2, -0.15) is 0 Å². The molecule has 0 aliphatic heterocycles. The van der Waals surface area contributed by atoms with Gasteiger partial charge in [0.25, 0.3) is 0 Å². The Morgan fingerprint density at radius 3 is 2.38 bits per heavy atom. The van der Waals surface area contributed by atoms with E-state index in [0.717, 1.165) is 11.1 Å². The number of likely N-dealkylation sites (N-methyl/N-ethyl adjacent to an activating group) is 1. The zero-order chi connectivity index (χ0) is 17.4. The van der Waals surface area contributed by atoms with E-state index in [2.05, 4.69) is 0 Å². The lowest BCUT2D eigenvalue weighted by Gasteiger charge is -2.15. The molecule has 2 aromatic rings. The lowest BCUT2D eigenvalue weighted by atomic mass is 10.1. The van der Waals surface area contributed by atoms with Gasteiger partial charge in [-0.1, -0.05) is 54.6 Å². The fourth-order valence-electron chi connectivity index (χ4n) is 1.99. The summed E-state index contributed by atoms with van der Waals surface area (Å²) in [5.41, 5.74) is 2.05. The first-order valence-electron chi connectivity index (χ1n) is 7.48. The number of carbonyl (C=O) groups is 2. The van der Waals surface area contributed by atoms with Crippen LogP contribution in [0.3, 0.4) is 0 Å². The Morgan fingerprint density at radius 1 is 1.08 bits per heavy atom. The van der Waals surface area contributed by atoms with E-state index in [9.17, 15) is 9.59 Å². The van der Waals surface area contributed by atoms with Crippen LogP contribution < -0.4 is 0 Å². The molecule has 2 rings (SSSR count). The molecule has 124 valence electrons. The number of carbonyl (C=O) groups excluding carboxylic acids is 1. The molecule has 2 aromatic carbocycles. The van der Waals surface area contributed by atoms with E-state index >= 15 is 0 Å². The van der Waals surface area contributed by atoms with Gasteiger partial charge in [0.2, 0.25) is 0 Å². The molecule has 0 aliphatic rings. The highest BCUT2D eigenvalue weighted by molar-refractivity contribution is 5.87. The van der Waals surface area contributed by atoms with Crippen LogP contribution in [0.15, 0.2) is 60.7 Å². The molecular weight excluding hydrogens is 306 g/mol. The van der Waals surface area contributed by atoms with Crippen LogP contribution in [0.4, 0.5) is 4.79 Å². The second-order valence-electron chi connectivity index (χ2n) is 5.25. The molecule has 0 aromatic heterocycles. The predicted molar refractivity (Wildman–Crippen MR) is 91.7 cm³/mol. The predicted octanol–water partition coefficient (Wildman–Crippen LogP) is 3.67. The molecule has 0 heterocycles. The molecule has 0 radical (unpaired) electrons. The Balaban J connectivity index is 1.79. The van der Waals surface area contributed by atoms with Crippen molar-refractivity contribution in [3.63, 3.8) is 0 Å². The van der Waals surface area contributed by atoms with Crippen LogP contribution >= 0.6 is 0 Å². The summed E-state index contributed by atoms with van der Waals surface area (Å²) in [5.74, 6) is -0.952. The summed E-state index contributed by atoms with van der Waals surface area (Å²) < 4.78 is 5.22. The van der Waals surface area contributed by atoms with Crippen LogP contribution in [0.25, 0.3) is 6.08 Å². The van der Waals surface area contributed by atoms with Gasteiger partial charge in [-0.3, -0.25) is 0 Å². The van der Waals surface area contributed by atoms with Crippen LogP contribution in [0.2, 0.25) is 0 Å². The second-order valence-corrected chi connectivity index (χ2v) is 5.25. The van der Waals surface area contributed by atoms with Gasteiger partial charge in [0, 0.05) is 13.6 Å². The quantitative estimate of drug-likeness (QED) is 0.880. The van der Waals surface area contributed by atoms with Gasteiger partial charge in [0.1, 0.15) is 6.61 Å². The molecule has 0 saturated heterocycles. The summed E-state index contributed by atoms with van der Waals surface area (Å²) in [6.07, 6.45) is 3.25. The monoisotopic (exact) mass is 325 g/mol. The fraction of sp³-hybridized carbons (Fsp3) is 0.158. The van der Waals surface area contributed by atoms with Crippen LogP contribution in [0.5, 0.6) is 0 Å². The van der Waals surface area contributed by atoms with Gasteiger partial charge in [-0.15, -0.1) is 0 Å². The lowest BCUT2D eigenvalue weighted by molar-refractivity contribution is 0.0696. The molecule has 0 spiro atoms. The van der Waals surface area contributed by atoms with Crippen molar-refractivity contribution in [1.82, 2.24) is 4.90 Å². The number of carboxylic acids is 1. The largest absolute Gasteiger partial charge is 0.478 e. The zero-order valence-electron chi connectivity index (χ0n) is 13.4. The molecule has 1 amide bonds. The summed E-state index contributed by atoms with van der Waals surface area (Å²) >= 11 is 0. The Hall–Kier alpha value is -3.08. The van der Waals surface area contributed by atoms with Gasteiger partial charge >= 0.3 is 12.1 Å². The molecule has 0 aliphatic carbocycles. The Bertz CT molecular complexity index is 708. The number of ether oxygens (including phenoxy) is 1. The van der Waals surface area contributed by atoms with Gasteiger partial charge < -0.3 is 14.7 Å². The van der Waals surface area contributed by atoms with Gasteiger partial charge in [0.05, 0.1) is 5.56 Å². The molecule has 0 atom stereocenters. The topological polar surface area (TPSA) is 66.8 Å². The van der Waals surface area contributed by atoms with E-state index in [1.165, 1.54) is 4.90 Å². The van der Waals surface area contributed by atoms with Crippen molar-refractivity contribution >= 4 is 18.1 Å². The number of carboxylic acid groups (broad SMARTS) is 1. The minimum atomic E-state index is -0.952. The molecule has 0 bridgehead atoms. The smallest absolute Gasteiger partial charge is 0.410 e. The summed E-state index contributed by atoms with van der Waals surface area (Å²) in [4.78, 5) is 24.1. The number of hydrogen-bond acceptors (Lipinski definition) is 3. The summed E-state index contributed by atoms with van der Waals surface area (Å²) in [5, 5.41) is 8.84. The number of amides is 1. The summed E-state index contributed by atoms with van der Waals surface area (Å²) in [7, 11) is 1.66. The highest BCUT2D eigenvalue weighted by Crippen LogP contribution is 2.07. The first-order chi connectivity index (χ1) is 11.6. The third-order valence-electron chi connectivity index (χ3n) is 3.36. The first kappa shape index (κ1) is 17.3. The van der Waals surface area contributed by atoms with Crippen molar-refractivity contribution in [3.05, 3.63) is 77.4 Å². The zero-order valence-corrected chi connectivity index (χ0v) is 13.4. The van der Waals surface area contributed by atoms with Crippen molar-refractivity contribution in [1.29, 1.82) is 0 Å². The average molecular weight is 325 g/mol. The maximum atomic E-state index is 11.9. The molecule has 5 heteroatoms. The van der Waals surface area contributed by atoms with Crippen LogP contribution in [-0.4, -0.2) is 35.7 Å². The Labute approximate surface area is 140 Å². The van der Waals surface area contributed by atoms with Crippen molar-refractivity contribution in [2.45, 2.75) is 6.61 Å². The number of hydrogen-bond donors (Lipinski definition) is 1. The van der Waals surface area contributed by atoms with Crippen molar-refractivity contribution in [3.8, 4) is 0 Å². The molecule has 24 heavy (non-hydrogen) atoms. The minimum absolute atomic E-state index is 0.240. The minimum Gasteiger partial charge on any atom is -0.478 e. The molecule has 1 N–H and O–H groups in total. The van der Waals surface area contributed by atoms with Gasteiger partial charge in [-0.05, 0) is 23.3 Å². The number of rotatable bonds is 6. The highest BCUT2D eigenvalue weighted by atomic mass is 16.6. The lowest BCUT2D eigenvalue weighted by Crippen LogP contribution is -2.27. The van der Waals surface area contributed by atoms with E-state index in [1.807, 2.05) is 42.5 Å². The molecule has 0 unspecified atom stereocenters. The highest BCUT2D eigenvalue weighted by Gasteiger charge is 2.08. The normalized spacial score (nSPS) is 10.5. The second kappa shape index (κ2) is 8.53. The van der Waals surface area contributed by atoms with E-state index < -0.39 is 12.1 Å². The van der Waals surface area contributed by atoms with E-state index in [1.54, 1.807) is 31.3 Å². The third-order valence-corrected chi connectivity index (χ3v) is 3.36. The standard InChI is InChI=1S/C19H19NO4/c1-20(19(23)24-14-16-6-3-2-4-7-16)13-5-8-15-9-11-17(12-10-15)18(21)22/h2-12H,13-14H2,1H3,(H,21,22)/b8-5+. The van der Waals surface area contributed by atoms with Crippen LogP contribution in [-0.2, 0) is 11.3 Å².